The summed E-state index contributed by atoms with van der Waals surface area (Å²) >= 11 is 0. The number of rotatable bonds is 3. The Kier molecular flexibility index (Phi) is 3.66. The maximum Gasteiger partial charge on any atom is 0.408 e. The van der Waals surface area contributed by atoms with Crippen molar-refractivity contribution in [2.45, 2.75) is 57.3 Å². The lowest BCUT2D eigenvalue weighted by atomic mass is 9.72. The van der Waals surface area contributed by atoms with E-state index < -0.39 is 29.3 Å². The maximum atomic E-state index is 11.6. The Labute approximate surface area is 100.0 Å². The second-order valence-electron chi connectivity index (χ2n) is 5.38. The van der Waals surface area contributed by atoms with E-state index in [0.29, 0.717) is 12.8 Å². The van der Waals surface area contributed by atoms with Crippen LogP contribution in [0.25, 0.3) is 0 Å². The van der Waals surface area contributed by atoms with Gasteiger partial charge in [0.1, 0.15) is 5.60 Å². The van der Waals surface area contributed by atoms with E-state index in [2.05, 4.69) is 5.32 Å². The van der Waals surface area contributed by atoms with E-state index in [1.807, 2.05) is 0 Å². The quantitative estimate of drug-likeness (QED) is 0.686. The zero-order valence-corrected chi connectivity index (χ0v) is 10.3. The van der Waals surface area contributed by atoms with E-state index in [-0.39, 0.29) is 0 Å². The van der Waals surface area contributed by atoms with Crippen LogP contribution in [0.2, 0.25) is 0 Å². The molecule has 1 aliphatic rings. The van der Waals surface area contributed by atoms with Crippen LogP contribution < -0.4 is 5.32 Å². The van der Waals surface area contributed by atoms with Gasteiger partial charge in [-0.15, -0.1) is 0 Å². The molecule has 1 aliphatic carbocycles. The number of alkyl carbamates (subject to hydrolysis) is 1. The first kappa shape index (κ1) is 13.8. The SMILES string of the molecule is CC(C)(C)OC(=O)NC1(C(O)C(=O)O)CCC1. The average Bonchev–Trinajstić information content (AvgIpc) is 2.07. The molecule has 0 bridgehead atoms. The van der Waals surface area contributed by atoms with Crippen LogP contribution in [0.3, 0.4) is 0 Å². The van der Waals surface area contributed by atoms with Crippen molar-refractivity contribution in [1.29, 1.82) is 0 Å². The Hall–Kier alpha value is -1.30. The summed E-state index contributed by atoms with van der Waals surface area (Å²) in [5, 5.41) is 20.8. The molecule has 0 radical (unpaired) electrons. The molecule has 0 saturated heterocycles. The highest BCUT2D eigenvalue weighted by Crippen LogP contribution is 2.35. The third-order valence-electron chi connectivity index (χ3n) is 2.75. The number of aliphatic hydroxyl groups excluding tert-OH is 1. The Bertz CT molecular complexity index is 316. The molecule has 6 heteroatoms. The monoisotopic (exact) mass is 245 g/mol. The number of hydrogen-bond donors (Lipinski definition) is 3. The van der Waals surface area contributed by atoms with Crippen LogP contribution in [0.15, 0.2) is 0 Å². The molecule has 0 aromatic rings. The molecule has 6 nitrogen and oxygen atoms in total. The number of carboxylic acids is 1. The van der Waals surface area contributed by atoms with Crippen LogP contribution in [0.5, 0.6) is 0 Å². The summed E-state index contributed by atoms with van der Waals surface area (Å²) in [5.74, 6) is -1.33. The minimum Gasteiger partial charge on any atom is -0.479 e. The van der Waals surface area contributed by atoms with Crippen molar-refractivity contribution in [2.24, 2.45) is 0 Å². The van der Waals surface area contributed by atoms with Crippen LogP contribution in [0, 0.1) is 0 Å². The van der Waals surface area contributed by atoms with E-state index in [9.17, 15) is 14.7 Å². The maximum absolute atomic E-state index is 11.6. The van der Waals surface area contributed by atoms with Gasteiger partial charge in [-0.1, -0.05) is 0 Å². The second-order valence-corrected chi connectivity index (χ2v) is 5.38. The second kappa shape index (κ2) is 4.52. The zero-order chi connectivity index (χ0) is 13.3. The Morgan fingerprint density at radius 3 is 2.18 bits per heavy atom. The van der Waals surface area contributed by atoms with Crippen LogP contribution in [0.4, 0.5) is 4.79 Å². The van der Waals surface area contributed by atoms with Crippen molar-refractivity contribution < 1.29 is 24.5 Å². The van der Waals surface area contributed by atoms with Gasteiger partial charge in [0.2, 0.25) is 0 Å². The number of ether oxygens (including phenoxy) is 1. The van der Waals surface area contributed by atoms with Gasteiger partial charge in [-0.2, -0.15) is 0 Å². The van der Waals surface area contributed by atoms with Gasteiger partial charge < -0.3 is 20.3 Å². The van der Waals surface area contributed by atoms with Crippen molar-refractivity contribution in [1.82, 2.24) is 5.32 Å². The van der Waals surface area contributed by atoms with Crippen molar-refractivity contribution >= 4 is 12.1 Å². The van der Waals surface area contributed by atoms with E-state index >= 15 is 0 Å². The van der Waals surface area contributed by atoms with Gasteiger partial charge in [0.15, 0.2) is 6.10 Å². The third kappa shape index (κ3) is 3.33. The number of amides is 1. The molecule has 0 aromatic carbocycles. The van der Waals surface area contributed by atoms with Crippen LogP contribution >= 0.6 is 0 Å². The lowest BCUT2D eigenvalue weighted by molar-refractivity contribution is -0.154. The highest BCUT2D eigenvalue weighted by Gasteiger charge is 2.48. The molecule has 1 amide bonds. The molecule has 98 valence electrons. The topological polar surface area (TPSA) is 95.9 Å². The Morgan fingerprint density at radius 1 is 1.35 bits per heavy atom. The van der Waals surface area contributed by atoms with Crippen molar-refractivity contribution in [3.63, 3.8) is 0 Å². The fourth-order valence-electron chi connectivity index (χ4n) is 1.77. The van der Waals surface area contributed by atoms with E-state index in [0.717, 1.165) is 6.42 Å². The number of carboxylic acid groups (broad SMARTS) is 1. The fourth-order valence-corrected chi connectivity index (χ4v) is 1.77. The van der Waals surface area contributed by atoms with Gasteiger partial charge >= 0.3 is 12.1 Å². The summed E-state index contributed by atoms with van der Waals surface area (Å²) in [6.07, 6.45) is -0.624. The normalized spacial score (nSPS) is 20.0. The van der Waals surface area contributed by atoms with Gasteiger partial charge in [0.05, 0.1) is 5.54 Å². The summed E-state index contributed by atoms with van der Waals surface area (Å²) in [6, 6.07) is 0. The molecular weight excluding hydrogens is 226 g/mol. The standard InChI is InChI=1S/C11H19NO5/c1-10(2,3)17-9(16)12-11(5-4-6-11)7(13)8(14)15/h7,13H,4-6H2,1-3H3,(H,12,16)(H,14,15). The average molecular weight is 245 g/mol. The summed E-state index contributed by atoms with van der Waals surface area (Å²) in [5.41, 5.74) is -1.72. The van der Waals surface area contributed by atoms with E-state index in [1.165, 1.54) is 0 Å². The Balaban J connectivity index is 2.64. The van der Waals surface area contributed by atoms with E-state index in [1.54, 1.807) is 20.8 Å². The van der Waals surface area contributed by atoms with Gasteiger partial charge in [0, 0.05) is 0 Å². The smallest absolute Gasteiger partial charge is 0.408 e. The number of carbonyl (C=O) groups excluding carboxylic acids is 1. The molecular formula is C11H19NO5. The molecule has 17 heavy (non-hydrogen) atoms. The molecule has 1 saturated carbocycles. The zero-order valence-electron chi connectivity index (χ0n) is 10.3. The summed E-state index contributed by atoms with van der Waals surface area (Å²) in [7, 11) is 0. The summed E-state index contributed by atoms with van der Waals surface area (Å²) in [4.78, 5) is 22.3. The molecule has 1 rings (SSSR count). The van der Waals surface area contributed by atoms with Crippen LogP contribution in [0.1, 0.15) is 40.0 Å². The molecule has 0 aromatic heterocycles. The molecule has 1 atom stereocenters. The lowest BCUT2D eigenvalue weighted by Crippen LogP contribution is -2.63. The van der Waals surface area contributed by atoms with E-state index in [4.69, 9.17) is 9.84 Å². The van der Waals surface area contributed by atoms with Crippen LogP contribution in [-0.2, 0) is 9.53 Å². The number of carbonyl (C=O) groups is 2. The summed E-state index contributed by atoms with van der Waals surface area (Å²) in [6.45, 7) is 5.15. The number of hydrogen-bond acceptors (Lipinski definition) is 4. The first-order valence-corrected chi connectivity index (χ1v) is 5.58. The van der Waals surface area contributed by atoms with Gasteiger partial charge in [-0.05, 0) is 40.0 Å². The number of aliphatic carboxylic acids is 1. The molecule has 1 unspecified atom stereocenters. The number of nitrogens with one attached hydrogen (secondary N) is 1. The molecule has 0 aliphatic heterocycles. The number of aliphatic hydroxyl groups is 1. The minimum atomic E-state index is -1.59. The first-order chi connectivity index (χ1) is 7.66. The van der Waals surface area contributed by atoms with Crippen molar-refractivity contribution in [3.05, 3.63) is 0 Å². The lowest BCUT2D eigenvalue weighted by Gasteiger charge is -2.44. The van der Waals surface area contributed by atoms with Crippen molar-refractivity contribution in [3.8, 4) is 0 Å². The minimum absolute atomic E-state index is 0.444. The van der Waals surface area contributed by atoms with Gasteiger partial charge in [-0.3, -0.25) is 0 Å². The third-order valence-corrected chi connectivity index (χ3v) is 2.75. The molecule has 0 spiro atoms. The van der Waals surface area contributed by atoms with Gasteiger partial charge in [0.25, 0.3) is 0 Å². The summed E-state index contributed by atoms with van der Waals surface area (Å²) < 4.78 is 5.04. The Morgan fingerprint density at radius 2 is 1.88 bits per heavy atom. The predicted molar refractivity (Wildman–Crippen MR) is 59.6 cm³/mol. The predicted octanol–water partition coefficient (Wildman–Crippen LogP) is 0.879. The highest BCUT2D eigenvalue weighted by atomic mass is 16.6. The van der Waals surface area contributed by atoms with Crippen LogP contribution in [-0.4, -0.2) is 39.5 Å². The molecule has 1 fully saturated rings. The fraction of sp³-hybridized carbons (Fsp3) is 0.818. The highest BCUT2D eigenvalue weighted by molar-refractivity contribution is 5.77. The molecule has 0 heterocycles. The molecule has 3 N–H and O–H groups in total. The first-order valence-electron chi connectivity index (χ1n) is 5.58. The van der Waals surface area contributed by atoms with Crippen molar-refractivity contribution in [2.75, 3.05) is 0 Å². The largest absolute Gasteiger partial charge is 0.479 e. The van der Waals surface area contributed by atoms with Gasteiger partial charge in [-0.25, -0.2) is 9.59 Å².